The molecule has 0 saturated carbocycles. The number of aliphatic carboxylic acids is 1. The third-order valence-electron chi connectivity index (χ3n) is 4.89. The predicted octanol–water partition coefficient (Wildman–Crippen LogP) is 7.13. The summed E-state index contributed by atoms with van der Waals surface area (Å²) < 4.78 is 0. The molecule has 0 saturated heterocycles. The van der Waals surface area contributed by atoms with Gasteiger partial charge in [-0.05, 0) is 25.3 Å². The van der Waals surface area contributed by atoms with Crippen molar-refractivity contribution >= 4 is 5.97 Å². The zero-order chi connectivity index (χ0) is 20.9. The van der Waals surface area contributed by atoms with Crippen LogP contribution in [-0.4, -0.2) is 17.1 Å². The summed E-state index contributed by atoms with van der Waals surface area (Å²) in [6.45, 7) is 4.28. The van der Waals surface area contributed by atoms with Crippen molar-refractivity contribution in [1.82, 2.24) is 0 Å². The molecule has 0 spiro atoms. The largest absolute Gasteiger partial charge is 0.481 e. The molecule has 0 heterocycles. The second-order valence-corrected chi connectivity index (χ2v) is 8.05. The van der Waals surface area contributed by atoms with Gasteiger partial charge in [0.1, 0.15) is 0 Å². The molecule has 1 aromatic carbocycles. The van der Waals surface area contributed by atoms with E-state index in [0.717, 1.165) is 19.3 Å². The van der Waals surface area contributed by atoms with Crippen molar-refractivity contribution in [3.05, 3.63) is 35.9 Å². The summed E-state index contributed by atoms with van der Waals surface area (Å²) in [5, 5.41) is 8.49. The number of hydrogen-bond acceptors (Lipinski definition) is 2. The quantitative estimate of drug-likeness (QED) is 0.295. The fourth-order valence-electron chi connectivity index (χ4n) is 3.28. The second kappa shape index (κ2) is 20.4. The van der Waals surface area contributed by atoms with Crippen LogP contribution in [0.2, 0.25) is 0 Å². The zero-order valence-electron chi connectivity index (χ0n) is 18.5. The van der Waals surface area contributed by atoms with Crippen LogP contribution in [0, 0.1) is 0 Å². The standard InChI is InChI=1S/C16H32O2.C9H13N/c1-2-3-4-5-6-7-8-9-10-11-12-13-14-15-16(17)18;1-8(10)7-9-5-3-2-4-6-9/h2-15H2,1H3,(H,17,18);2-6,8H,7,10H2,1H3. The third kappa shape index (κ3) is 21.0. The smallest absolute Gasteiger partial charge is 0.303 e. The summed E-state index contributed by atoms with van der Waals surface area (Å²) in [7, 11) is 0. The first-order valence-corrected chi connectivity index (χ1v) is 11.6. The lowest BCUT2D eigenvalue weighted by atomic mass is 10.0. The number of rotatable bonds is 16. The topological polar surface area (TPSA) is 63.3 Å². The first-order chi connectivity index (χ1) is 13.6. The molecule has 0 fully saturated rings. The minimum atomic E-state index is -0.655. The van der Waals surface area contributed by atoms with Gasteiger partial charge in [0, 0.05) is 12.5 Å². The van der Waals surface area contributed by atoms with E-state index >= 15 is 0 Å². The van der Waals surface area contributed by atoms with Crippen molar-refractivity contribution in [3.8, 4) is 0 Å². The molecule has 0 aliphatic rings. The minimum Gasteiger partial charge on any atom is -0.481 e. The molecule has 3 heteroatoms. The Hall–Kier alpha value is -1.35. The summed E-state index contributed by atoms with van der Waals surface area (Å²) >= 11 is 0. The van der Waals surface area contributed by atoms with Crippen LogP contribution in [0.15, 0.2) is 30.3 Å². The lowest BCUT2D eigenvalue weighted by Gasteiger charge is -2.02. The normalized spacial score (nSPS) is 11.5. The number of nitrogens with two attached hydrogens (primary N) is 1. The molecule has 0 aliphatic carbocycles. The van der Waals surface area contributed by atoms with Gasteiger partial charge in [0.15, 0.2) is 0 Å². The van der Waals surface area contributed by atoms with E-state index in [1.807, 2.05) is 25.1 Å². The molecule has 0 amide bonds. The van der Waals surface area contributed by atoms with Crippen molar-refractivity contribution in [2.75, 3.05) is 0 Å². The van der Waals surface area contributed by atoms with Gasteiger partial charge in [-0.3, -0.25) is 4.79 Å². The highest BCUT2D eigenvalue weighted by Crippen LogP contribution is 2.12. The number of carboxylic acids is 1. The maximum atomic E-state index is 10.3. The zero-order valence-corrected chi connectivity index (χ0v) is 18.5. The predicted molar refractivity (Wildman–Crippen MR) is 122 cm³/mol. The van der Waals surface area contributed by atoms with Crippen LogP contribution in [0.4, 0.5) is 0 Å². The average molecular weight is 392 g/mol. The Morgan fingerprint density at radius 2 is 1.25 bits per heavy atom. The van der Waals surface area contributed by atoms with E-state index in [0.29, 0.717) is 6.42 Å². The molecule has 3 N–H and O–H groups in total. The molecule has 162 valence electrons. The van der Waals surface area contributed by atoms with Gasteiger partial charge >= 0.3 is 5.97 Å². The molecule has 1 aromatic rings. The Bertz CT molecular complexity index is 445. The van der Waals surface area contributed by atoms with Crippen molar-refractivity contribution in [3.63, 3.8) is 0 Å². The van der Waals surface area contributed by atoms with Crippen LogP contribution in [0.25, 0.3) is 0 Å². The highest BCUT2D eigenvalue weighted by molar-refractivity contribution is 5.66. The van der Waals surface area contributed by atoms with Crippen molar-refractivity contribution in [1.29, 1.82) is 0 Å². The highest BCUT2D eigenvalue weighted by atomic mass is 16.4. The molecular weight excluding hydrogens is 346 g/mol. The fraction of sp³-hybridized carbons (Fsp3) is 0.720. The van der Waals surface area contributed by atoms with Crippen LogP contribution in [0.1, 0.15) is 109 Å². The van der Waals surface area contributed by atoms with Gasteiger partial charge in [0.2, 0.25) is 0 Å². The summed E-state index contributed by atoms with van der Waals surface area (Å²) in [6, 6.07) is 10.6. The Balaban J connectivity index is 0.000000609. The van der Waals surface area contributed by atoms with Gasteiger partial charge in [-0.15, -0.1) is 0 Å². The van der Waals surface area contributed by atoms with E-state index in [1.165, 1.54) is 76.2 Å². The van der Waals surface area contributed by atoms with E-state index in [-0.39, 0.29) is 6.04 Å². The van der Waals surface area contributed by atoms with Crippen LogP contribution in [0.5, 0.6) is 0 Å². The highest BCUT2D eigenvalue weighted by Gasteiger charge is 1.97. The van der Waals surface area contributed by atoms with Crippen molar-refractivity contribution < 1.29 is 9.90 Å². The number of benzene rings is 1. The Labute approximate surface area is 174 Å². The van der Waals surface area contributed by atoms with Crippen LogP contribution < -0.4 is 5.73 Å². The first kappa shape index (κ1) is 26.6. The van der Waals surface area contributed by atoms with E-state index < -0.39 is 5.97 Å². The van der Waals surface area contributed by atoms with Gasteiger partial charge in [-0.25, -0.2) is 0 Å². The van der Waals surface area contributed by atoms with E-state index in [2.05, 4.69) is 19.1 Å². The summed E-state index contributed by atoms with van der Waals surface area (Å²) in [4.78, 5) is 10.3. The first-order valence-electron chi connectivity index (χ1n) is 11.6. The van der Waals surface area contributed by atoms with Gasteiger partial charge in [-0.2, -0.15) is 0 Å². The molecule has 0 aliphatic heterocycles. The van der Waals surface area contributed by atoms with Gasteiger partial charge in [0.05, 0.1) is 0 Å². The monoisotopic (exact) mass is 391 g/mol. The van der Waals surface area contributed by atoms with Crippen LogP contribution in [0.3, 0.4) is 0 Å². The maximum Gasteiger partial charge on any atom is 0.303 e. The molecule has 1 rings (SSSR count). The van der Waals surface area contributed by atoms with Crippen LogP contribution >= 0.6 is 0 Å². The molecule has 1 atom stereocenters. The van der Waals surface area contributed by atoms with E-state index in [9.17, 15) is 4.79 Å². The Kier molecular flexibility index (Phi) is 19.4. The summed E-state index contributed by atoms with van der Waals surface area (Å²) in [5.74, 6) is -0.655. The van der Waals surface area contributed by atoms with E-state index in [1.54, 1.807) is 0 Å². The SMILES string of the molecule is CC(N)Cc1ccccc1.CCCCCCCCCCCCCCCC(=O)O. The average Bonchev–Trinajstić information content (AvgIpc) is 2.66. The van der Waals surface area contributed by atoms with Gasteiger partial charge in [0.25, 0.3) is 0 Å². The van der Waals surface area contributed by atoms with Crippen LogP contribution in [-0.2, 0) is 11.2 Å². The lowest BCUT2D eigenvalue weighted by Crippen LogP contribution is -2.17. The molecule has 0 aromatic heterocycles. The number of unbranched alkanes of at least 4 members (excludes halogenated alkanes) is 12. The molecule has 28 heavy (non-hydrogen) atoms. The van der Waals surface area contributed by atoms with Gasteiger partial charge < -0.3 is 10.8 Å². The Morgan fingerprint density at radius 3 is 1.64 bits per heavy atom. The molecular formula is C25H45NO2. The Morgan fingerprint density at radius 1 is 0.821 bits per heavy atom. The molecule has 0 bridgehead atoms. The fourth-order valence-corrected chi connectivity index (χ4v) is 3.28. The van der Waals surface area contributed by atoms with Gasteiger partial charge in [-0.1, -0.05) is 114 Å². The third-order valence-corrected chi connectivity index (χ3v) is 4.89. The molecule has 1 unspecified atom stereocenters. The van der Waals surface area contributed by atoms with Crippen molar-refractivity contribution in [2.45, 2.75) is 116 Å². The lowest BCUT2D eigenvalue weighted by molar-refractivity contribution is -0.137. The molecule has 0 radical (unpaired) electrons. The second-order valence-electron chi connectivity index (χ2n) is 8.05. The summed E-state index contributed by atoms with van der Waals surface area (Å²) in [6.07, 6.45) is 18.2. The number of hydrogen-bond donors (Lipinski definition) is 2. The minimum absolute atomic E-state index is 0.266. The number of carbonyl (C=O) groups is 1. The number of carboxylic acid groups (broad SMARTS) is 1. The molecule has 3 nitrogen and oxygen atoms in total. The van der Waals surface area contributed by atoms with Crippen molar-refractivity contribution in [2.24, 2.45) is 5.73 Å². The van der Waals surface area contributed by atoms with E-state index in [4.69, 9.17) is 10.8 Å². The summed E-state index contributed by atoms with van der Waals surface area (Å²) in [5.41, 5.74) is 6.94. The maximum absolute atomic E-state index is 10.3.